The molecule has 1 N–H and O–H groups in total. The molecule has 4 nitrogen and oxygen atoms in total. The van der Waals surface area contributed by atoms with Crippen molar-refractivity contribution in [3.63, 3.8) is 0 Å². The molecular weight excluding hydrogens is 228 g/mol. The molecule has 0 aromatic rings. The number of carbonyl (C=O) groups excluding carboxylic acids is 1. The molecule has 1 unspecified atom stereocenters. The highest BCUT2D eigenvalue weighted by molar-refractivity contribution is 5.80. The van der Waals surface area contributed by atoms with Gasteiger partial charge in [0.1, 0.15) is 5.54 Å². The molecule has 1 aliphatic carbocycles. The summed E-state index contributed by atoms with van der Waals surface area (Å²) in [5.41, 5.74) is -0.511. The second-order valence-corrected chi connectivity index (χ2v) is 5.42. The van der Waals surface area contributed by atoms with E-state index in [0.717, 1.165) is 32.6 Å². The minimum Gasteiger partial charge on any atom is -0.468 e. The first-order valence-electron chi connectivity index (χ1n) is 7.11. The number of esters is 1. The van der Waals surface area contributed by atoms with Crippen LogP contribution in [-0.4, -0.2) is 49.7 Å². The lowest BCUT2D eigenvalue weighted by atomic mass is 9.94. The van der Waals surface area contributed by atoms with Gasteiger partial charge >= 0.3 is 5.97 Å². The molecule has 18 heavy (non-hydrogen) atoms. The van der Waals surface area contributed by atoms with Gasteiger partial charge in [-0.05, 0) is 32.4 Å². The van der Waals surface area contributed by atoms with E-state index >= 15 is 0 Å². The normalized spacial score (nSPS) is 18.7. The molecule has 1 rings (SSSR count). The third-order valence-corrected chi connectivity index (χ3v) is 3.87. The van der Waals surface area contributed by atoms with Gasteiger partial charge in [0, 0.05) is 13.1 Å². The Morgan fingerprint density at radius 2 is 2.00 bits per heavy atom. The van der Waals surface area contributed by atoms with Crippen LogP contribution in [0.3, 0.4) is 0 Å². The average molecular weight is 256 g/mol. The van der Waals surface area contributed by atoms with Gasteiger partial charge in [-0.25, -0.2) is 0 Å². The molecule has 0 saturated heterocycles. The summed E-state index contributed by atoms with van der Waals surface area (Å²) in [6, 6.07) is 0. The van der Waals surface area contributed by atoms with Crippen molar-refractivity contribution in [1.29, 1.82) is 0 Å². The van der Waals surface area contributed by atoms with E-state index < -0.39 is 5.54 Å². The van der Waals surface area contributed by atoms with E-state index in [-0.39, 0.29) is 5.97 Å². The van der Waals surface area contributed by atoms with E-state index in [4.69, 9.17) is 4.74 Å². The standard InChI is InChI=1S/C14H28N2O2/c1-5-16(6-2)10-9-15-14(3,13(17)18-4)11-12-7-8-12/h12,15H,5-11H2,1-4H3. The molecule has 0 radical (unpaired) electrons. The van der Waals surface area contributed by atoms with E-state index in [1.165, 1.54) is 20.0 Å². The second-order valence-electron chi connectivity index (χ2n) is 5.42. The van der Waals surface area contributed by atoms with Gasteiger partial charge in [-0.1, -0.05) is 26.7 Å². The number of nitrogens with one attached hydrogen (secondary N) is 1. The number of nitrogens with zero attached hydrogens (tertiary/aromatic N) is 1. The van der Waals surface area contributed by atoms with Crippen molar-refractivity contribution in [2.45, 2.75) is 45.6 Å². The highest BCUT2D eigenvalue weighted by Gasteiger charge is 2.39. The zero-order chi connectivity index (χ0) is 13.6. The summed E-state index contributed by atoms with van der Waals surface area (Å²) < 4.78 is 4.94. The fourth-order valence-electron chi connectivity index (χ4n) is 2.38. The highest BCUT2D eigenvalue weighted by atomic mass is 16.5. The topological polar surface area (TPSA) is 41.6 Å². The van der Waals surface area contributed by atoms with Crippen molar-refractivity contribution in [2.24, 2.45) is 5.92 Å². The molecule has 1 saturated carbocycles. The first-order valence-corrected chi connectivity index (χ1v) is 7.11. The number of likely N-dealkylation sites (N-methyl/N-ethyl adjacent to an activating group) is 1. The summed E-state index contributed by atoms with van der Waals surface area (Å²) in [6.45, 7) is 10.2. The van der Waals surface area contributed by atoms with Gasteiger partial charge in [0.25, 0.3) is 0 Å². The van der Waals surface area contributed by atoms with Crippen LogP contribution < -0.4 is 5.32 Å². The Bertz CT molecular complexity index is 263. The second kappa shape index (κ2) is 7.10. The van der Waals surface area contributed by atoms with E-state index in [2.05, 4.69) is 24.1 Å². The quantitative estimate of drug-likeness (QED) is 0.637. The lowest BCUT2D eigenvalue weighted by molar-refractivity contribution is -0.148. The number of carbonyl (C=O) groups is 1. The van der Waals surface area contributed by atoms with Gasteiger partial charge in [0.2, 0.25) is 0 Å². The fourth-order valence-corrected chi connectivity index (χ4v) is 2.38. The lowest BCUT2D eigenvalue weighted by Crippen LogP contribution is -2.52. The molecular formula is C14H28N2O2. The van der Waals surface area contributed by atoms with Crippen LogP contribution in [0.5, 0.6) is 0 Å². The van der Waals surface area contributed by atoms with E-state index in [1.54, 1.807) is 0 Å². The van der Waals surface area contributed by atoms with Gasteiger partial charge in [0.15, 0.2) is 0 Å². The average Bonchev–Trinajstić information content (AvgIpc) is 3.17. The van der Waals surface area contributed by atoms with Gasteiger partial charge in [-0.15, -0.1) is 0 Å². The minimum atomic E-state index is -0.511. The van der Waals surface area contributed by atoms with Gasteiger partial charge in [-0.2, -0.15) is 0 Å². The van der Waals surface area contributed by atoms with Crippen LogP contribution in [-0.2, 0) is 9.53 Å². The molecule has 0 bridgehead atoms. The van der Waals surface area contributed by atoms with Crippen molar-refractivity contribution in [3.8, 4) is 0 Å². The Kier molecular flexibility index (Phi) is 6.09. The first kappa shape index (κ1) is 15.4. The van der Waals surface area contributed by atoms with Crippen LogP contribution in [0, 0.1) is 5.92 Å². The first-order chi connectivity index (χ1) is 8.55. The molecule has 0 aromatic heterocycles. The summed E-state index contributed by atoms with van der Waals surface area (Å²) >= 11 is 0. The molecule has 4 heteroatoms. The van der Waals surface area contributed by atoms with Crippen LogP contribution >= 0.6 is 0 Å². The van der Waals surface area contributed by atoms with Crippen molar-refractivity contribution in [3.05, 3.63) is 0 Å². The lowest BCUT2D eigenvalue weighted by Gasteiger charge is -2.29. The van der Waals surface area contributed by atoms with Crippen LogP contribution in [0.25, 0.3) is 0 Å². The molecule has 0 aromatic carbocycles. The Hall–Kier alpha value is -0.610. The summed E-state index contributed by atoms with van der Waals surface area (Å²) in [4.78, 5) is 14.3. The largest absolute Gasteiger partial charge is 0.468 e. The van der Waals surface area contributed by atoms with Crippen LogP contribution in [0.2, 0.25) is 0 Å². The number of methoxy groups -OCH3 is 1. The van der Waals surface area contributed by atoms with E-state index in [1.807, 2.05) is 6.92 Å². The SMILES string of the molecule is CCN(CC)CCNC(C)(CC1CC1)C(=O)OC. The Balaban J connectivity index is 2.42. The molecule has 1 aliphatic rings. The summed E-state index contributed by atoms with van der Waals surface area (Å²) in [5.74, 6) is 0.573. The number of ether oxygens (including phenoxy) is 1. The Morgan fingerprint density at radius 1 is 1.39 bits per heavy atom. The van der Waals surface area contributed by atoms with E-state index in [9.17, 15) is 4.79 Å². The zero-order valence-electron chi connectivity index (χ0n) is 12.3. The third kappa shape index (κ3) is 4.58. The van der Waals surface area contributed by atoms with Gasteiger partial charge < -0.3 is 15.0 Å². The summed E-state index contributed by atoms with van der Waals surface area (Å²) in [7, 11) is 1.47. The maximum absolute atomic E-state index is 11.9. The van der Waals surface area contributed by atoms with Crippen molar-refractivity contribution < 1.29 is 9.53 Å². The zero-order valence-corrected chi connectivity index (χ0v) is 12.3. The smallest absolute Gasteiger partial charge is 0.325 e. The predicted molar refractivity (Wildman–Crippen MR) is 73.6 cm³/mol. The highest BCUT2D eigenvalue weighted by Crippen LogP contribution is 2.37. The predicted octanol–water partition coefficient (Wildman–Crippen LogP) is 1.65. The minimum absolute atomic E-state index is 0.131. The molecule has 0 aliphatic heterocycles. The van der Waals surface area contributed by atoms with Crippen molar-refractivity contribution in [1.82, 2.24) is 10.2 Å². The van der Waals surface area contributed by atoms with Crippen LogP contribution in [0.4, 0.5) is 0 Å². The molecule has 0 amide bonds. The Morgan fingerprint density at radius 3 is 2.44 bits per heavy atom. The van der Waals surface area contributed by atoms with Gasteiger partial charge in [-0.3, -0.25) is 4.79 Å². The Labute approximate surface area is 111 Å². The fraction of sp³-hybridized carbons (Fsp3) is 0.929. The number of hydrogen-bond donors (Lipinski definition) is 1. The monoisotopic (exact) mass is 256 g/mol. The van der Waals surface area contributed by atoms with Gasteiger partial charge in [0.05, 0.1) is 7.11 Å². The molecule has 1 fully saturated rings. The van der Waals surface area contributed by atoms with E-state index in [0.29, 0.717) is 5.92 Å². The van der Waals surface area contributed by atoms with Crippen molar-refractivity contribution >= 4 is 5.97 Å². The maximum atomic E-state index is 11.9. The molecule has 0 spiro atoms. The van der Waals surface area contributed by atoms with Crippen LogP contribution in [0.1, 0.15) is 40.0 Å². The summed E-state index contributed by atoms with van der Waals surface area (Å²) in [5, 5.41) is 3.40. The molecule has 1 atom stereocenters. The molecule has 106 valence electrons. The third-order valence-electron chi connectivity index (χ3n) is 3.87. The number of hydrogen-bond acceptors (Lipinski definition) is 4. The van der Waals surface area contributed by atoms with Crippen LogP contribution in [0.15, 0.2) is 0 Å². The number of rotatable bonds is 9. The summed E-state index contributed by atoms with van der Waals surface area (Å²) in [6.07, 6.45) is 3.41. The molecule has 0 heterocycles. The maximum Gasteiger partial charge on any atom is 0.325 e. The van der Waals surface area contributed by atoms with Crippen molar-refractivity contribution in [2.75, 3.05) is 33.3 Å².